The fourth-order valence-electron chi connectivity index (χ4n) is 6.25. The number of fused-ring (bicyclic) bond motifs is 4. The van der Waals surface area contributed by atoms with Crippen molar-refractivity contribution in [1.82, 2.24) is 19.8 Å². The van der Waals surface area contributed by atoms with Gasteiger partial charge in [0, 0.05) is 60.0 Å². The molecular formula is C28H34N4O3. The summed E-state index contributed by atoms with van der Waals surface area (Å²) in [5.74, 6) is 1.51. The molecule has 0 unspecified atom stereocenters. The number of rotatable bonds is 6. The van der Waals surface area contributed by atoms with Gasteiger partial charge in [-0.3, -0.25) is 14.7 Å². The van der Waals surface area contributed by atoms with Crippen LogP contribution in [-0.2, 0) is 16.8 Å². The molecule has 35 heavy (non-hydrogen) atoms. The zero-order valence-electron chi connectivity index (χ0n) is 20.4. The maximum atomic E-state index is 13.4. The number of H-pyrrole nitrogens is 1. The second kappa shape index (κ2) is 8.95. The first-order chi connectivity index (χ1) is 17.1. The number of hydrogen-bond acceptors (Lipinski definition) is 5. The maximum Gasteiger partial charge on any atom is 0.223 e. The van der Waals surface area contributed by atoms with Crippen molar-refractivity contribution >= 4 is 16.8 Å². The number of amides is 1. The highest BCUT2D eigenvalue weighted by atomic mass is 16.5. The summed E-state index contributed by atoms with van der Waals surface area (Å²) < 4.78 is 5.48. The van der Waals surface area contributed by atoms with Crippen LogP contribution in [0.4, 0.5) is 0 Å². The molecule has 0 bridgehead atoms. The molecule has 6 rings (SSSR count). The summed E-state index contributed by atoms with van der Waals surface area (Å²) in [7, 11) is 1.68. The Morgan fingerprint density at radius 3 is 2.66 bits per heavy atom. The smallest absolute Gasteiger partial charge is 0.223 e. The third-order valence-corrected chi connectivity index (χ3v) is 8.37. The van der Waals surface area contributed by atoms with Gasteiger partial charge in [-0.05, 0) is 80.1 Å². The lowest BCUT2D eigenvalue weighted by molar-refractivity contribution is -0.137. The van der Waals surface area contributed by atoms with E-state index in [1.807, 2.05) is 29.4 Å². The first kappa shape index (κ1) is 22.6. The molecule has 1 aliphatic carbocycles. The van der Waals surface area contributed by atoms with Crippen LogP contribution >= 0.6 is 0 Å². The number of aliphatic hydroxyl groups excluding tert-OH is 1. The number of aliphatic hydroxyl groups is 1. The largest absolute Gasteiger partial charge is 0.497 e. The highest BCUT2D eigenvalue weighted by Crippen LogP contribution is 2.49. The zero-order chi connectivity index (χ0) is 24.0. The number of nitrogens with one attached hydrogen (secondary N) is 1. The molecule has 7 heteroatoms. The SMILES string of the molecule is COc1ccc2c3c([nH]c2c1)[C@H](CO)N(C(=O)CC1CC1)CC31CCN(Cc2ccncc2)CC1. The normalized spacial score (nSPS) is 21.9. The molecule has 1 spiro atoms. The third kappa shape index (κ3) is 4.10. The van der Waals surface area contributed by atoms with Crippen LogP contribution in [0.3, 0.4) is 0 Å². The second-order valence-electron chi connectivity index (χ2n) is 10.6. The van der Waals surface area contributed by atoms with E-state index in [0.29, 0.717) is 18.9 Å². The maximum absolute atomic E-state index is 13.4. The van der Waals surface area contributed by atoms with E-state index in [0.717, 1.165) is 62.3 Å². The average Bonchev–Trinajstić information content (AvgIpc) is 3.62. The molecule has 1 atom stereocenters. The zero-order valence-corrected chi connectivity index (χ0v) is 20.4. The number of nitrogens with zero attached hydrogens (tertiary/aromatic N) is 3. The van der Waals surface area contributed by atoms with Gasteiger partial charge in [0.15, 0.2) is 0 Å². The molecule has 2 fully saturated rings. The molecule has 7 nitrogen and oxygen atoms in total. The third-order valence-electron chi connectivity index (χ3n) is 8.37. The first-order valence-corrected chi connectivity index (χ1v) is 12.8. The summed E-state index contributed by atoms with van der Waals surface area (Å²) in [5.41, 5.74) is 4.48. The Hall–Kier alpha value is -2.90. The van der Waals surface area contributed by atoms with E-state index in [9.17, 15) is 9.90 Å². The summed E-state index contributed by atoms with van der Waals surface area (Å²) in [4.78, 5) is 25.7. The average molecular weight is 475 g/mol. The lowest BCUT2D eigenvalue weighted by Gasteiger charge is -2.50. The Balaban J connectivity index is 1.37. The van der Waals surface area contributed by atoms with E-state index < -0.39 is 0 Å². The van der Waals surface area contributed by atoms with Gasteiger partial charge in [-0.1, -0.05) is 0 Å². The fourth-order valence-corrected chi connectivity index (χ4v) is 6.25. The molecule has 0 radical (unpaired) electrons. The number of ether oxygens (including phenoxy) is 1. The van der Waals surface area contributed by atoms with Gasteiger partial charge >= 0.3 is 0 Å². The van der Waals surface area contributed by atoms with Gasteiger partial charge in [-0.2, -0.15) is 0 Å². The van der Waals surface area contributed by atoms with Gasteiger partial charge in [-0.25, -0.2) is 0 Å². The van der Waals surface area contributed by atoms with Crippen LogP contribution in [0.2, 0.25) is 0 Å². The lowest BCUT2D eigenvalue weighted by atomic mass is 9.68. The molecule has 184 valence electrons. The van der Waals surface area contributed by atoms with E-state index >= 15 is 0 Å². The fraction of sp³-hybridized carbons (Fsp3) is 0.500. The number of aromatic amines is 1. The summed E-state index contributed by atoms with van der Waals surface area (Å²) in [6.45, 7) is 3.47. The number of benzene rings is 1. The van der Waals surface area contributed by atoms with Crippen molar-refractivity contribution in [2.75, 3.05) is 33.4 Å². The van der Waals surface area contributed by atoms with Gasteiger partial charge in [0.25, 0.3) is 0 Å². The number of piperidine rings is 1. The minimum absolute atomic E-state index is 0.0718. The highest BCUT2D eigenvalue weighted by Gasteiger charge is 2.49. The predicted octanol–water partition coefficient (Wildman–Crippen LogP) is 3.78. The van der Waals surface area contributed by atoms with E-state index in [2.05, 4.69) is 33.1 Å². The van der Waals surface area contributed by atoms with Crippen molar-refractivity contribution < 1.29 is 14.6 Å². The second-order valence-corrected chi connectivity index (χ2v) is 10.6. The van der Waals surface area contributed by atoms with Gasteiger partial charge < -0.3 is 19.7 Å². The highest BCUT2D eigenvalue weighted by molar-refractivity contribution is 5.89. The predicted molar refractivity (Wildman–Crippen MR) is 134 cm³/mol. The Bertz CT molecular complexity index is 1210. The van der Waals surface area contributed by atoms with Crippen LogP contribution in [0.15, 0.2) is 42.7 Å². The summed E-state index contributed by atoms with van der Waals surface area (Å²) in [6, 6.07) is 10.0. The van der Waals surface area contributed by atoms with Crippen molar-refractivity contribution in [2.24, 2.45) is 5.92 Å². The van der Waals surface area contributed by atoms with Gasteiger partial charge in [0.2, 0.25) is 5.91 Å². The van der Waals surface area contributed by atoms with Crippen molar-refractivity contribution in [3.05, 3.63) is 59.5 Å². The van der Waals surface area contributed by atoms with Crippen LogP contribution in [-0.4, -0.2) is 64.1 Å². The topological polar surface area (TPSA) is 81.7 Å². The van der Waals surface area contributed by atoms with Crippen LogP contribution in [0, 0.1) is 5.92 Å². The molecule has 3 aromatic rings. The number of pyridine rings is 1. The van der Waals surface area contributed by atoms with Crippen molar-refractivity contribution in [1.29, 1.82) is 0 Å². The van der Waals surface area contributed by atoms with Crippen LogP contribution in [0.5, 0.6) is 5.75 Å². The number of carbonyl (C=O) groups excluding carboxylic acids is 1. The molecule has 2 aromatic heterocycles. The molecule has 4 heterocycles. The Labute approximate surface area is 206 Å². The number of carbonyl (C=O) groups is 1. The van der Waals surface area contributed by atoms with Gasteiger partial charge in [0.1, 0.15) is 5.75 Å². The minimum atomic E-state index is -0.324. The van der Waals surface area contributed by atoms with Crippen LogP contribution < -0.4 is 4.74 Å². The van der Waals surface area contributed by atoms with E-state index in [-0.39, 0.29) is 24.0 Å². The van der Waals surface area contributed by atoms with Crippen molar-refractivity contribution in [2.45, 2.75) is 50.1 Å². The minimum Gasteiger partial charge on any atom is -0.497 e. The summed E-state index contributed by atoms with van der Waals surface area (Å²) in [6.07, 6.45) is 8.57. The van der Waals surface area contributed by atoms with Crippen LogP contribution in [0.25, 0.3) is 10.9 Å². The van der Waals surface area contributed by atoms with Crippen molar-refractivity contribution in [3.8, 4) is 5.75 Å². The van der Waals surface area contributed by atoms with Gasteiger partial charge in [0.05, 0.1) is 19.8 Å². The molecule has 1 saturated carbocycles. The summed E-state index contributed by atoms with van der Waals surface area (Å²) in [5, 5.41) is 11.7. The van der Waals surface area contributed by atoms with E-state index in [1.54, 1.807) is 7.11 Å². The van der Waals surface area contributed by atoms with E-state index in [4.69, 9.17) is 4.74 Å². The Morgan fingerprint density at radius 1 is 1.20 bits per heavy atom. The summed E-state index contributed by atoms with van der Waals surface area (Å²) >= 11 is 0. The van der Waals surface area contributed by atoms with Crippen LogP contribution in [0.1, 0.15) is 55.0 Å². The molecule has 3 aliphatic rings. The first-order valence-electron chi connectivity index (χ1n) is 12.8. The molecule has 1 saturated heterocycles. The molecule has 2 N–H and O–H groups in total. The monoisotopic (exact) mass is 474 g/mol. The van der Waals surface area contributed by atoms with Gasteiger partial charge in [-0.15, -0.1) is 0 Å². The number of aromatic nitrogens is 2. The number of methoxy groups -OCH3 is 1. The Kier molecular flexibility index (Phi) is 5.77. The quantitative estimate of drug-likeness (QED) is 0.568. The standard InChI is InChI=1S/C28H34N4O3/c1-35-21-4-5-22-23(15-21)30-27-24(17-33)32(25(34)14-19-2-3-19)18-28(26(22)27)8-12-31(13-9-28)16-20-6-10-29-11-7-20/h4-7,10-11,15,19,24,30,33H,2-3,8-9,12-14,16-18H2,1H3/t24-/m0/s1. The number of hydrogen-bond donors (Lipinski definition) is 2. The van der Waals surface area contributed by atoms with E-state index in [1.165, 1.54) is 16.5 Å². The molecule has 1 amide bonds. The Morgan fingerprint density at radius 2 is 1.97 bits per heavy atom. The molecular weight excluding hydrogens is 440 g/mol. The van der Waals surface area contributed by atoms with Crippen molar-refractivity contribution in [3.63, 3.8) is 0 Å². The molecule has 2 aliphatic heterocycles. The number of likely N-dealkylation sites (tertiary alicyclic amines) is 1. The lowest BCUT2D eigenvalue weighted by Crippen LogP contribution is -2.55. The molecule has 1 aromatic carbocycles.